The Kier molecular flexibility index (Phi) is 3.52. The number of phenols is 1. The van der Waals surface area contributed by atoms with Gasteiger partial charge in [-0.05, 0) is 49.6 Å². The maximum Gasteiger partial charge on any atom is 0.118 e. The molecule has 0 saturated heterocycles. The zero-order valence-corrected chi connectivity index (χ0v) is 8.91. The molecule has 0 bridgehead atoms. The topological polar surface area (TPSA) is 20.2 Å². The fraction of sp³-hybridized carbons (Fsp3) is 0.231. The Hall–Kier alpha value is -1.50. The third kappa shape index (κ3) is 2.25. The van der Waals surface area contributed by atoms with Crippen molar-refractivity contribution in [2.24, 2.45) is 0 Å². The van der Waals surface area contributed by atoms with Crippen LogP contribution in [0.3, 0.4) is 0 Å². The van der Waals surface area contributed by atoms with Crippen LogP contribution in [0, 0.1) is 6.92 Å². The number of hydrogen-bond acceptors (Lipinski definition) is 1. The first-order chi connectivity index (χ1) is 6.69. The Morgan fingerprint density at radius 1 is 1.29 bits per heavy atom. The van der Waals surface area contributed by atoms with E-state index in [0.29, 0.717) is 5.75 Å². The highest BCUT2D eigenvalue weighted by Crippen LogP contribution is 2.22. The van der Waals surface area contributed by atoms with Crippen molar-refractivity contribution in [3.05, 3.63) is 47.6 Å². The summed E-state index contributed by atoms with van der Waals surface area (Å²) in [5.74, 6) is 0.352. The van der Waals surface area contributed by atoms with Gasteiger partial charge in [0.15, 0.2) is 0 Å². The lowest BCUT2D eigenvalue weighted by atomic mass is 10.0. The van der Waals surface area contributed by atoms with Gasteiger partial charge in [0.1, 0.15) is 5.75 Å². The summed E-state index contributed by atoms with van der Waals surface area (Å²) in [6, 6.07) is 5.65. The van der Waals surface area contributed by atoms with E-state index in [1.54, 1.807) is 6.07 Å². The highest BCUT2D eigenvalue weighted by Gasteiger charge is 1.99. The molecule has 0 atom stereocenters. The van der Waals surface area contributed by atoms with Gasteiger partial charge in [-0.2, -0.15) is 0 Å². The summed E-state index contributed by atoms with van der Waals surface area (Å²) in [5.41, 5.74) is 3.22. The van der Waals surface area contributed by atoms with Crippen molar-refractivity contribution in [2.75, 3.05) is 0 Å². The van der Waals surface area contributed by atoms with Gasteiger partial charge in [0.05, 0.1) is 0 Å². The number of aryl methyl sites for hydroxylation is 1. The first-order valence-electron chi connectivity index (χ1n) is 4.78. The van der Waals surface area contributed by atoms with Crippen molar-refractivity contribution >= 4 is 5.57 Å². The Balaban J connectivity index is 3.13. The van der Waals surface area contributed by atoms with Gasteiger partial charge in [0, 0.05) is 0 Å². The molecule has 0 aliphatic rings. The minimum absolute atomic E-state index is 0.352. The van der Waals surface area contributed by atoms with Crippen LogP contribution in [0.4, 0.5) is 0 Å². The largest absolute Gasteiger partial charge is 0.508 e. The molecule has 1 nitrogen and oxygen atoms in total. The molecule has 1 heteroatoms. The SMILES string of the molecule is C/C=C\C(=C/C)c1ccc(O)c(C)c1. The molecule has 0 aromatic heterocycles. The van der Waals surface area contributed by atoms with E-state index in [1.165, 1.54) is 5.57 Å². The molecule has 1 aromatic rings. The lowest BCUT2D eigenvalue weighted by Gasteiger charge is -2.04. The highest BCUT2D eigenvalue weighted by molar-refractivity contribution is 5.74. The Bertz CT molecular complexity index is 373. The first-order valence-corrected chi connectivity index (χ1v) is 4.78. The molecular formula is C13H16O. The predicted molar refractivity (Wildman–Crippen MR) is 61.3 cm³/mol. The second kappa shape index (κ2) is 4.66. The van der Waals surface area contributed by atoms with E-state index in [0.717, 1.165) is 11.1 Å². The van der Waals surface area contributed by atoms with Crippen molar-refractivity contribution in [3.63, 3.8) is 0 Å². The van der Waals surface area contributed by atoms with Gasteiger partial charge >= 0.3 is 0 Å². The molecule has 1 N–H and O–H groups in total. The average Bonchev–Trinajstić information content (AvgIpc) is 2.19. The van der Waals surface area contributed by atoms with E-state index in [9.17, 15) is 5.11 Å². The molecule has 0 heterocycles. The van der Waals surface area contributed by atoms with Gasteiger partial charge in [-0.3, -0.25) is 0 Å². The first kappa shape index (κ1) is 10.6. The molecule has 0 fully saturated rings. The molecular weight excluding hydrogens is 172 g/mol. The molecule has 1 aromatic carbocycles. The standard InChI is InChI=1S/C13H16O/c1-4-6-11(5-2)12-7-8-13(14)10(3)9-12/h4-9,14H,1-3H3/b6-4-,11-5+. The quantitative estimate of drug-likeness (QED) is 0.702. The molecule has 14 heavy (non-hydrogen) atoms. The maximum atomic E-state index is 9.39. The molecule has 0 saturated carbocycles. The van der Waals surface area contributed by atoms with Gasteiger partial charge in [-0.15, -0.1) is 0 Å². The number of phenolic OH excluding ortho intramolecular Hbond substituents is 1. The molecule has 0 amide bonds. The van der Waals surface area contributed by atoms with Crippen LogP contribution < -0.4 is 0 Å². The van der Waals surface area contributed by atoms with Crippen LogP contribution in [-0.2, 0) is 0 Å². The van der Waals surface area contributed by atoms with Crippen LogP contribution in [0.15, 0.2) is 36.4 Å². The normalized spacial score (nSPS) is 12.4. The summed E-state index contributed by atoms with van der Waals surface area (Å²) in [7, 11) is 0. The average molecular weight is 188 g/mol. The smallest absolute Gasteiger partial charge is 0.118 e. The zero-order valence-electron chi connectivity index (χ0n) is 8.91. The van der Waals surface area contributed by atoms with Crippen LogP contribution in [0.5, 0.6) is 5.75 Å². The second-order valence-electron chi connectivity index (χ2n) is 3.25. The molecule has 0 unspecified atom stereocenters. The summed E-state index contributed by atoms with van der Waals surface area (Å²) in [4.78, 5) is 0. The minimum atomic E-state index is 0.352. The van der Waals surface area contributed by atoms with E-state index >= 15 is 0 Å². The Labute approximate surface area is 85.4 Å². The minimum Gasteiger partial charge on any atom is -0.508 e. The second-order valence-corrected chi connectivity index (χ2v) is 3.25. The molecule has 0 radical (unpaired) electrons. The lowest BCUT2D eigenvalue weighted by Crippen LogP contribution is -1.82. The fourth-order valence-electron chi connectivity index (χ4n) is 1.37. The van der Waals surface area contributed by atoms with Gasteiger partial charge in [0.2, 0.25) is 0 Å². The van der Waals surface area contributed by atoms with Crippen LogP contribution in [0.2, 0.25) is 0 Å². The van der Waals surface area contributed by atoms with Crippen molar-refractivity contribution in [1.29, 1.82) is 0 Å². The summed E-state index contributed by atoms with van der Waals surface area (Å²) in [5, 5.41) is 9.39. The van der Waals surface area contributed by atoms with Crippen molar-refractivity contribution in [3.8, 4) is 5.75 Å². The van der Waals surface area contributed by atoms with Gasteiger partial charge in [-0.25, -0.2) is 0 Å². The summed E-state index contributed by atoms with van der Waals surface area (Å²) < 4.78 is 0. The summed E-state index contributed by atoms with van der Waals surface area (Å²) >= 11 is 0. The highest BCUT2D eigenvalue weighted by atomic mass is 16.3. The molecule has 0 spiro atoms. The number of rotatable bonds is 2. The van der Waals surface area contributed by atoms with Crippen molar-refractivity contribution in [2.45, 2.75) is 20.8 Å². The number of allylic oxidation sites excluding steroid dienone is 4. The Morgan fingerprint density at radius 2 is 2.00 bits per heavy atom. The number of benzene rings is 1. The van der Waals surface area contributed by atoms with E-state index in [1.807, 2.05) is 39.0 Å². The van der Waals surface area contributed by atoms with Crippen molar-refractivity contribution in [1.82, 2.24) is 0 Å². The Morgan fingerprint density at radius 3 is 2.50 bits per heavy atom. The van der Waals surface area contributed by atoms with Crippen LogP contribution in [0.1, 0.15) is 25.0 Å². The van der Waals surface area contributed by atoms with Crippen LogP contribution in [0.25, 0.3) is 5.57 Å². The zero-order chi connectivity index (χ0) is 10.6. The van der Waals surface area contributed by atoms with Crippen LogP contribution >= 0.6 is 0 Å². The monoisotopic (exact) mass is 188 g/mol. The van der Waals surface area contributed by atoms with Crippen molar-refractivity contribution < 1.29 is 5.11 Å². The van der Waals surface area contributed by atoms with Gasteiger partial charge in [-0.1, -0.05) is 24.3 Å². The number of aromatic hydroxyl groups is 1. The fourth-order valence-corrected chi connectivity index (χ4v) is 1.37. The maximum absolute atomic E-state index is 9.39. The van der Waals surface area contributed by atoms with Crippen LogP contribution in [-0.4, -0.2) is 5.11 Å². The lowest BCUT2D eigenvalue weighted by molar-refractivity contribution is 0.471. The molecule has 0 aliphatic carbocycles. The third-order valence-corrected chi connectivity index (χ3v) is 2.19. The number of hydrogen-bond donors (Lipinski definition) is 1. The van der Waals surface area contributed by atoms with E-state index in [4.69, 9.17) is 0 Å². The predicted octanol–water partition coefficient (Wildman–Crippen LogP) is 3.68. The molecule has 0 aliphatic heterocycles. The third-order valence-electron chi connectivity index (χ3n) is 2.19. The summed E-state index contributed by atoms with van der Waals surface area (Å²) in [6.07, 6.45) is 6.13. The van der Waals surface area contributed by atoms with E-state index in [2.05, 4.69) is 12.2 Å². The van der Waals surface area contributed by atoms with Gasteiger partial charge in [0.25, 0.3) is 0 Å². The van der Waals surface area contributed by atoms with E-state index in [-0.39, 0.29) is 0 Å². The molecule has 74 valence electrons. The molecule has 1 rings (SSSR count). The van der Waals surface area contributed by atoms with E-state index < -0.39 is 0 Å². The van der Waals surface area contributed by atoms with Gasteiger partial charge < -0.3 is 5.11 Å². The summed E-state index contributed by atoms with van der Waals surface area (Å²) in [6.45, 7) is 5.91.